The zero-order chi connectivity index (χ0) is 17.1. The lowest BCUT2D eigenvalue weighted by Gasteiger charge is -2.35. The van der Waals surface area contributed by atoms with Gasteiger partial charge in [0.15, 0.2) is 0 Å². The summed E-state index contributed by atoms with van der Waals surface area (Å²) in [7, 11) is 0. The van der Waals surface area contributed by atoms with Crippen molar-refractivity contribution >= 4 is 29.1 Å². The van der Waals surface area contributed by atoms with Gasteiger partial charge < -0.3 is 19.4 Å². The third-order valence-corrected chi connectivity index (χ3v) is 5.40. The number of nitrogens with zero attached hydrogens (tertiary/aromatic N) is 3. The molecule has 0 atom stereocenters. The van der Waals surface area contributed by atoms with E-state index >= 15 is 0 Å². The number of hydrogen-bond acceptors (Lipinski definition) is 5. The lowest BCUT2D eigenvalue weighted by atomic mass is 10.2. The van der Waals surface area contributed by atoms with Gasteiger partial charge in [0.05, 0.1) is 18.1 Å². The normalized spacial score (nSPS) is 18.6. The van der Waals surface area contributed by atoms with Crippen LogP contribution in [0.1, 0.15) is 15.2 Å². The van der Waals surface area contributed by atoms with Crippen molar-refractivity contribution in [2.45, 2.75) is 6.92 Å². The Labute approximate surface area is 144 Å². The van der Waals surface area contributed by atoms with Gasteiger partial charge in [-0.25, -0.2) is 0 Å². The highest BCUT2D eigenvalue weighted by atomic mass is 32.1. The average Bonchev–Trinajstić information content (AvgIpc) is 3.06. The summed E-state index contributed by atoms with van der Waals surface area (Å²) in [5.74, 6) is -0.933. The smallest absolute Gasteiger partial charge is 0.312 e. The number of morpholine rings is 1. The third kappa shape index (κ3) is 3.44. The summed E-state index contributed by atoms with van der Waals surface area (Å²) in [5, 5.41) is 1.91. The fraction of sp³-hybridized carbons (Fsp3) is 0.562. The van der Waals surface area contributed by atoms with Crippen LogP contribution in [-0.2, 0) is 14.3 Å². The zero-order valence-corrected chi connectivity index (χ0v) is 14.5. The molecule has 0 unspecified atom stereocenters. The molecule has 7 nitrogen and oxygen atoms in total. The van der Waals surface area contributed by atoms with Crippen LogP contribution in [0.2, 0.25) is 0 Å². The van der Waals surface area contributed by atoms with E-state index in [0.29, 0.717) is 52.5 Å². The molecule has 2 fully saturated rings. The highest BCUT2D eigenvalue weighted by Crippen LogP contribution is 2.19. The fourth-order valence-corrected chi connectivity index (χ4v) is 3.78. The number of aryl methyl sites for hydroxylation is 1. The first-order valence-corrected chi connectivity index (χ1v) is 8.95. The molecule has 0 spiro atoms. The fourth-order valence-electron chi connectivity index (χ4n) is 2.89. The minimum absolute atomic E-state index is 0.00843. The molecule has 0 saturated carbocycles. The van der Waals surface area contributed by atoms with Crippen molar-refractivity contribution in [1.82, 2.24) is 14.7 Å². The second-order valence-corrected chi connectivity index (χ2v) is 6.84. The van der Waals surface area contributed by atoms with E-state index < -0.39 is 11.8 Å². The van der Waals surface area contributed by atoms with Crippen LogP contribution in [0.4, 0.5) is 0 Å². The van der Waals surface area contributed by atoms with Crippen molar-refractivity contribution in [1.29, 1.82) is 0 Å². The second-order valence-electron chi connectivity index (χ2n) is 5.92. The predicted molar refractivity (Wildman–Crippen MR) is 88.9 cm³/mol. The van der Waals surface area contributed by atoms with Gasteiger partial charge in [-0.2, -0.15) is 0 Å². The van der Waals surface area contributed by atoms with Gasteiger partial charge in [-0.15, -0.1) is 11.3 Å². The maximum absolute atomic E-state index is 12.5. The standard InChI is InChI=1S/C16H21N3O4S/c1-12-2-11-24-13(12)14(20)17-3-5-18(6-4-17)15(21)16(22)19-7-9-23-10-8-19/h2,11H,3-10H2,1H3. The van der Waals surface area contributed by atoms with Crippen molar-refractivity contribution in [2.75, 3.05) is 52.5 Å². The third-order valence-electron chi connectivity index (χ3n) is 4.39. The highest BCUT2D eigenvalue weighted by Gasteiger charge is 2.31. The number of amides is 3. The first kappa shape index (κ1) is 16.9. The van der Waals surface area contributed by atoms with Gasteiger partial charge in [0.1, 0.15) is 0 Å². The van der Waals surface area contributed by atoms with E-state index in [1.807, 2.05) is 18.4 Å². The van der Waals surface area contributed by atoms with Gasteiger partial charge >= 0.3 is 11.8 Å². The number of piperazine rings is 1. The second kappa shape index (κ2) is 7.31. The van der Waals surface area contributed by atoms with Crippen molar-refractivity contribution in [3.8, 4) is 0 Å². The average molecular weight is 351 g/mol. The predicted octanol–water partition coefficient (Wildman–Crippen LogP) is 0.200. The lowest BCUT2D eigenvalue weighted by Crippen LogP contribution is -2.55. The maximum Gasteiger partial charge on any atom is 0.312 e. The summed E-state index contributed by atoms with van der Waals surface area (Å²) in [6.07, 6.45) is 0. The van der Waals surface area contributed by atoms with Crippen molar-refractivity contribution < 1.29 is 19.1 Å². The Hall–Kier alpha value is -1.93. The molecule has 3 rings (SSSR count). The van der Waals surface area contributed by atoms with E-state index in [4.69, 9.17) is 4.74 Å². The topological polar surface area (TPSA) is 70.2 Å². The largest absolute Gasteiger partial charge is 0.378 e. The molecule has 0 radical (unpaired) electrons. The van der Waals surface area contributed by atoms with Crippen molar-refractivity contribution in [3.63, 3.8) is 0 Å². The van der Waals surface area contributed by atoms with Crippen LogP contribution in [-0.4, -0.2) is 84.9 Å². The van der Waals surface area contributed by atoms with E-state index in [1.165, 1.54) is 11.3 Å². The lowest BCUT2D eigenvalue weighted by molar-refractivity contribution is -0.154. The number of thiophene rings is 1. The van der Waals surface area contributed by atoms with E-state index in [1.54, 1.807) is 14.7 Å². The van der Waals surface area contributed by atoms with Crippen molar-refractivity contribution in [3.05, 3.63) is 21.9 Å². The van der Waals surface area contributed by atoms with Gasteiger partial charge in [0, 0.05) is 39.3 Å². The molecule has 0 bridgehead atoms. The molecular formula is C16H21N3O4S. The first-order chi connectivity index (χ1) is 11.6. The van der Waals surface area contributed by atoms with Gasteiger partial charge in [-0.3, -0.25) is 14.4 Å². The first-order valence-electron chi connectivity index (χ1n) is 8.07. The van der Waals surface area contributed by atoms with Crippen LogP contribution in [0.15, 0.2) is 11.4 Å². The number of carbonyl (C=O) groups excluding carboxylic acids is 3. The molecule has 0 aromatic carbocycles. The molecule has 3 amide bonds. The Morgan fingerprint density at radius 1 is 0.917 bits per heavy atom. The minimum Gasteiger partial charge on any atom is -0.378 e. The summed E-state index contributed by atoms with van der Waals surface area (Å²) in [5.41, 5.74) is 0.978. The van der Waals surface area contributed by atoms with E-state index in [-0.39, 0.29) is 5.91 Å². The molecule has 130 valence electrons. The summed E-state index contributed by atoms with van der Waals surface area (Å²) >= 11 is 1.44. The summed E-state index contributed by atoms with van der Waals surface area (Å²) in [6.45, 7) is 5.49. The Balaban J connectivity index is 1.54. The quantitative estimate of drug-likeness (QED) is 0.678. The number of hydrogen-bond donors (Lipinski definition) is 0. The van der Waals surface area contributed by atoms with Crippen LogP contribution in [0, 0.1) is 6.92 Å². The molecule has 2 aliphatic rings. The number of rotatable bonds is 1. The van der Waals surface area contributed by atoms with Crippen LogP contribution in [0.25, 0.3) is 0 Å². The molecular weight excluding hydrogens is 330 g/mol. The molecule has 2 saturated heterocycles. The Kier molecular flexibility index (Phi) is 5.15. The summed E-state index contributed by atoms with van der Waals surface area (Å²) in [4.78, 5) is 42.7. The molecule has 3 heterocycles. The zero-order valence-electron chi connectivity index (χ0n) is 13.7. The molecule has 2 aliphatic heterocycles. The van der Waals surface area contributed by atoms with Gasteiger partial charge in [-0.1, -0.05) is 0 Å². The van der Waals surface area contributed by atoms with Crippen LogP contribution in [0.5, 0.6) is 0 Å². The Bertz CT molecular complexity index is 631. The van der Waals surface area contributed by atoms with E-state index in [0.717, 1.165) is 10.4 Å². The molecule has 8 heteroatoms. The summed E-state index contributed by atoms with van der Waals surface area (Å²) < 4.78 is 5.20. The number of ether oxygens (including phenoxy) is 1. The van der Waals surface area contributed by atoms with E-state index in [9.17, 15) is 14.4 Å². The monoisotopic (exact) mass is 351 g/mol. The van der Waals surface area contributed by atoms with Gasteiger partial charge in [0.2, 0.25) is 0 Å². The molecule has 24 heavy (non-hydrogen) atoms. The molecule has 1 aromatic heterocycles. The molecule has 1 aromatic rings. The highest BCUT2D eigenvalue weighted by molar-refractivity contribution is 7.12. The van der Waals surface area contributed by atoms with Gasteiger partial charge in [0.25, 0.3) is 5.91 Å². The van der Waals surface area contributed by atoms with Crippen molar-refractivity contribution in [2.24, 2.45) is 0 Å². The van der Waals surface area contributed by atoms with Crippen LogP contribution < -0.4 is 0 Å². The molecule has 0 N–H and O–H groups in total. The number of carbonyl (C=O) groups is 3. The summed E-state index contributed by atoms with van der Waals surface area (Å²) in [6, 6.07) is 1.93. The SMILES string of the molecule is Cc1ccsc1C(=O)N1CCN(C(=O)C(=O)N2CCOCC2)CC1. The van der Waals surface area contributed by atoms with Crippen LogP contribution >= 0.6 is 11.3 Å². The minimum atomic E-state index is -0.476. The van der Waals surface area contributed by atoms with Gasteiger partial charge in [-0.05, 0) is 23.9 Å². The van der Waals surface area contributed by atoms with E-state index in [2.05, 4.69) is 0 Å². The van der Waals surface area contributed by atoms with Crippen LogP contribution in [0.3, 0.4) is 0 Å². The Morgan fingerprint density at radius 2 is 1.46 bits per heavy atom. The Morgan fingerprint density at radius 3 is 2.00 bits per heavy atom. The maximum atomic E-state index is 12.5. The molecule has 0 aliphatic carbocycles.